The second-order valence-corrected chi connectivity index (χ2v) is 7.83. The topological polar surface area (TPSA) is 114 Å². The number of hydrogen-bond donors (Lipinski definition) is 3. The van der Waals surface area contributed by atoms with E-state index >= 15 is 0 Å². The molecule has 2 amide bonds. The molecule has 0 fully saturated rings. The van der Waals surface area contributed by atoms with Crippen molar-refractivity contribution in [2.45, 2.75) is 20.4 Å². The van der Waals surface area contributed by atoms with Crippen LogP contribution in [0.25, 0.3) is 0 Å². The van der Waals surface area contributed by atoms with Crippen molar-refractivity contribution in [3.8, 4) is 5.75 Å². The molecule has 28 heavy (non-hydrogen) atoms. The van der Waals surface area contributed by atoms with Gasteiger partial charge in [0.25, 0.3) is 5.91 Å². The molecule has 0 aliphatic heterocycles. The highest BCUT2D eigenvalue weighted by molar-refractivity contribution is 7.92. The monoisotopic (exact) mass is 405 g/mol. The first-order valence-corrected chi connectivity index (χ1v) is 10.5. The third-order valence-electron chi connectivity index (χ3n) is 3.54. The molecule has 2 rings (SSSR count). The first-order valence-electron chi connectivity index (χ1n) is 8.57. The van der Waals surface area contributed by atoms with Crippen LogP contribution in [0.1, 0.15) is 29.8 Å². The largest absolute Gasteiger partial charge is 0.494 e. The van der Waals surface area contributed by atoms with Gasteiger partial charge in [0.15, 0.2) is 0 Å². The van der Waals surface area contributed by atoms with Crippen LogP contribution in [0.2, 0.25) is 0 Å². The Morgan fingerprint density at radius 2 is 1.86 bits per heavy atom. The number of sulfonamides is 1. The summed E-state index contributed by atoms with van der Waals surface area (Å²) in [6, 6.07) is 11.6. The Bertz CT molecular complexity index is 973. The van der Waals surface area contributed by atoms with Crippen molar-refractivity contribution in [2.24, 2.45) is 0 Å². The number of hydrogen-bond acceptors (Lipinski definition) is 5. The quantitative estimate of drug-likeness (QED) is 0.624. The Labute approximate surface area is 164 Å². The molecule has 0 bridgehead atoms. The van der Waals surface area contributed by atoms with Crippen molar-refractivity contribution in [2.75, 3.05) is 22.9 Å². The zero-order valence-corrected chi connectivity index (χ0v) is 16.7. The van der Waals surface area contributed by atoms with E-state index in [9.17, 15) is 18.0 Å². The molecule has 9 heteroatoms. The van der Waals surface area contributed by atoms with E-state index in [1.54, 1.807) is 0 Å². The van der Waals surface area contributed by atoms with E-state index < -0.39 is 15.9 Å². The number of anilines is 2. The van der Waals surface area contributed by atoms with Crippen LogP contribution in [0.5, 0.6) is 5.75 Å². The molecule has 0 aromatic heterocycles. The number of benzene rings is 2. The molecule has 0 saturated carbocycles. The number of rotatable bonds is 8. The summed E-state index contributed by atoms with van der Waals surface area (Å²) in [5, 5.41) is 5.32. The molecule has 2 aromatic carbocycles. The minimum Gasteiger partial charge on any atom is -0.494 e. The average molecular weight is 405 g/mol. The van der Waals surface area contributed by atoms with E-state index in [0.29, 0.717) is 18.0 Å². The van der Waals surface area contributed by atoms with E-state index in [2.05, 4.69) is 15.4 Å². The molecule has 0 saturated heterocycles. The lowest BCUT2D eigenvalue weighted by Gasteiger charge is -2.13. The second kappa shape index (κ2) is 9.23. The van der Waals surface area contributed by atoms with Crippen molar-refractivity contribution in [1.82, 2.24) is 5.32 Å². The van der Waals surface area contributed by atoms with Gasteiger partial charge in [0.1, 0.15) is 5.75 Å². The molecule has 0 heterocycles. The van der Waals surface area contributed by atoms with Gasteiger partial charge in [-0.25, -0.2) is 8.42 Å². The molecule has 0 unspecified atom stereocenters. The summed E-state index contributed by atoms with van der Waals surface area (Å²) in [5.41, 5.74) is 1.43. The maximum atomic E-state index is 12.7. The SMILES string of the molecule is CCOc1cccc(CNC(=O)c2cc(NC(C)=O)ccc2NS(C)(=O)=O)c1. The van der Waals surface area contributed by atoms with Gasteiger partial charge in [0, 0.05) is 19.2 Å². The maximum absolute atomic E-state index is 12.7. The Hall–Kier alpha value is -3.07. The molecule has 0 spiro atoms. The van der Waals surface area contributed by atoms with Crippen LogP contribution in [0, 0.1) is 0 Å². The number of ether oxygens (including phenoxy) is 1. The minimum atomic E-state index is -3.58. The predicted octanol–water partition coefficient (Wildman–Crippen LogP) is 2.35. The lowest BCUT2D eigenvalue weighted by molar-refractivity contribution is -0.114. The van der Waals surface area contributed by atoms with Gasteiger partial charge in [-0.3, -0.25) is 14.3 Å². The summed E-state index contributed by atoms with van der Waals surface area (Å²) < 4.78 is 30.9. The highest BCUT2D eigenvalue weighted by Gasteiger charge is 2.15. The van der Waals surface area contributed by atoms with Crippen molar-refractivity contribution in [3.63, 3.8) is 0 Å². The fourth-order valence-corrected chi connectivity index (χ4v) is 3.07. The van der Waals surface area contributed by atoms with Gasteiger partial charge in [0.05, 0.1) is 24.1 Å². The zero-order chi connectivity index (χ0) is 20.7. The number of carbonyl (C=O) groups excluding carboxylic acids is 2. The van der Waals surface area contributed by atoms with Gasteiger partial charge in [-0.1, -0.05) is 12.1 Å². The van der Waals surface area contributed by atoms with Crippen LogP contribution < -0.4 is 20.1 Å². The fraction of sp³-hybridized carbons (Fsp3) is 0.263. The van der Waals surface area contributed by atoms with Gasteiger partial charge in [-0.2, -0.15) is 0 Å². The Morgan fingerprint density at radius 1 is 1.11 bits per heavy atom. The third-order valence-corrected chi connectivity index (χ3v) is 4.13. The van der Waals surface area contributed by atoms with Crippen LogP contribution >= 0.6 is 0 Å². The van der Waals surface area contributed by atoms with Crippen LogP contribution in [0.4, 0.5) is 11.4 Å². The highest BCUT2D eigenvalue weighted by Crippen LogP contribution is 2.22. The molecule has 150 valence electrons. The fourth-order valence-electron chi connectivity index (χ4n) is 2.49. The van der Waals surface area contributed by atoms with E-state index in [4.69, 9.17) is 4.74 Å². The van der Waals surface area contributed by atoms with E-state index in [-0.39, 0.29) is 23.7 Å². The molecular weight excluding hydrogens is 382 g/mol. The second-order valence-electron chi connectivity index (χ2n) is 6.08. The maximum Gasteiger partial charge on any atom is 0.253 e. The Morgan fingerprint density at radius 3 is 2.50 bits per heavy atom. The summed E-state index contributed by atoms with van der Waals surface area (Å²) >= 11 is 0. The number of carbonyl (C=O) groups is 2. The lowest BCUT2D eigenvalue weighted by atomic mass is 10.1. The van der Waals surface area contributed by atoms with Gasteiger partial charge >= 0.3 is 0 Å². The van der Waals surface area contributed by atoms with Crippen LogP contribution in [0.15, 0.2) is 42.5 Å². The Balaban J connectivity index is 2.23. The predicted molar refractivity (Wildman–Crippen MR) is 108 cm³/mol. The Kier molecular flexibility index (Phi) is 7.00. The van der Waals surface area contributed by atoms with Crippen molar-refractivity contribution < 1.29 is 22.7 Å². The normalized spacial score (nSPS) is 10.8. The number of nitrogens with one attached hydrogen (secondary N) is 3. The lowest BCUT2D eigenvalue weighted by Crippen LogP contribution is -2.25. The molecule has 0 radical (unpaired) electrons. The molecule has 3 N–H and O–H groups in total. The van der Waals surface area contributed by atoms with Crippen molar-refractivity contribution in [1.29, 1.82) is 0 Å². The standard InChI is InChI=1S/C19H23N3O5S/c1-4-27-16-7-5-6-14(10-16)12-20-19(24)17-11-15(21-13(2)23)8-9-18(17)22-28(3,25)26/h5-11,22H,4,12H2,1-3H3,(H,20,24)(H,21,23). The van der Waals surface area contributed by atoms with Gasteiger partial charge in [-0.05, 0) is 42.8 Å². The first-order chi connectivity index (χ1) is 13.2. The van der Waals surface area contributed by atoms with Crippen LogP contribution in [-0.4, -0.2) is 33.1 Å². The molecular formula is C19H23N3O5S. The third kappa shape index (κ3) is 6.58. The minimum absolute atomic E-state index is 0.0950. The van der Waals surface area contributed by atoms with E-state index in [0.717, 1.165) is 11.8 Å². The van der Waals surface area contributed by atoms with Gasteiger partial charge < -0.3 is 15.4 Å². The van der Waals surface area contributed by atoms with E-state index in [1.165, 1.54) is 25.1 Å². The van der Waals surface area contributed by atoms with Crippen LogP contribution in [0.3, 0.4) is 0 Å². The summed E-state index contributed by atoms with van der Waals surface area (Å²) in [7, 11) is -3.58. The highest BCUT2D eigenvalue weighted by atomic mass is 32.2. The zero-order valence-electron chi connectivity index (χ0n) is 15.9. The number of amides is 2. The van der Waals surface area contributed by atoms with Gasteiger partial charge in [0.2, 0.25) is 15.9 Å². The summed E-state index contributed by atoms with van der Waals surface area (Å²) in [6.45, 7) is 3.98. The van der Waals surface area contributed by atoms with Crippen molar-refractivity contribution in [3.05, 3.63) is 53.6 Å². The van der Waals surface area contributed by atoms with Crippen molar-refractivity contribution >= 4 is 33.2 Å². The first kappa shape index (κ1) is 21.2. The molecule has 8 nitrogen and oxygen atoms in total. The average Bonchev–Trinajstić information content (AvgIpc) is 2.60. The van der Waals surface area contributed by atoms with Crippen LogP contribution in [-0.2, 0) is 21.4 Å². The smallest absolute Gasteiger partial charge is 0.253 e. The summed E-state index contributed by atoms with van der Waals surface area (Å²) in [5.74, 6) is -0.0931. The summed E-state index contributed by atoms with van der Waals surface area (Å²) in [6.07, 6.45) is 0.996. The molecule has 0 atom stereocenters. The molecule has 0 aliphatic rings. The summed E-state index contributed by atoms with van der Waals surface area (Å²) in [4.78, 5) is 24.0. The molecule has 0 aliphatic carbocycles. The van der Waals surface area contributed by atoms with E-state index in [1.807, 2.05) is 31.2 Å². The molecule has 2 aromatic rings. The van der Waals surface area contributed by atoms with Gasteiger partial charge in [-0.15, -0.1) is 0 Å².